The molecule has 0 radical (unpaired) electrons. The van der Waals surface area contributed by atoms with Crippen LogP contribution in [-0.4, -0.2) is 11.3 Å². The molecule has 0 aliphatic rings. The number of aromatic nitrogens is 1. The van der Waals surface area contributed by atoms with E-state index in [9.17, 15) is 4.79 Å². The molecule has 0 unspecified atom stereocenters. The number of hydrogen-bond donors (Lipinski definition) is 0. The lowest BCUT2D eigenvalue weighted by atomic mass is 10.0. The van der Waals surface area contributed by atoms with Gasteiger partial charge in [0.05, 0.1) is 0 Å². The zero-order valence-corrected chi connectivity index (χ0v) is 15.6. The van der Waals surface area contributed by atoms with Crippen LogP contribution in [-0.2, 0) is 6.61 Å². The number of hydrogen-bond acceptors (Lipinski definition) is 4. The number of rotatable bonds is 6. The molecule has 1 heterocycles. The SMILES string of the molecule is Cc1cc(OCc2nc(-c3ccc(C(C)C)cc3)oc2C)ccc1C=O. The molecule has 0 aliphatic heterocycles. The van der Waals surface area contributed by atoms with E-state index < -0.39 is 0 Å². The molecule has 0 atom stereocenters. The fraction of sp³-hybridized carbons (Fsp3) is 0.273. The molecule has 0 spiro atoms. The number of carbonyl (C=O) groups excluding carboxylic acids is 1. The first-order valence-electron chi connectivity index (χ1n) is 8.73. The Kier molecular flexibility index (Phi) is 5.21. The minimum absolute atomic E-state index is 0.319. The van der Waals surface area contributed by atoms with Gasteiger partial charge in [0.1, 0.15) is 30.1 Å². The maximum absolute atomic E-state index is 10.9. The lowest BCUT2D eigenvalue weighted by molar-refractivity contribution is 0.112. The van der Waals surface area contributed by atoms with Crippen LogP contribution in [0.1, 0.15) is 52.7 Å². The van der Waals surface area contributed by atoms with Crippen LogP contribution in [0.15, 0.2) is 46.9 Å². The summed E-state index contributed by atoms with van der Waals surface area (Å²) in [6, 6.07) is 13.7. The Hall–Kier alpha value is -2.88. The van der Waals surface area contributed by atoms with Crippen molar-refractivity contribution in [3.63, 3.8) is 0 Å². The molecule has 3 aromatic rings. The molecular weight excluding hydrogens is 326 g/mol. The first-order chi connectivity index (χ1) is 12.5. The molecule has 0 bridgehead atoms. The third kappa shape index (κ3) is 3.85. The van der Waals surface area contributed by atoms with Crippen molar-refractivity contribution in [2.75, 3.05) is 0 Å². The van der Waals surface area contributed by atoms with Crippen LogP contribution in [0.2, 0.25) is 0 Å². The van der Waals surface area contributed by atoms with Crippen LogP contribution in [0.5, 0.6) is 5.75 Å². The molecule has 4 heteroatoms. The maximum Gasteiger partial charge on any atom is 0.226 e. The van der Waals surface area contributed by atoms with Gasteiger partial charge in [0.15, 0.2) is 0 Å². The Morgan fingerprint density at radius 3 is 2.46 bits per heavy atom. The number of oxazole rings is 1. The molecule has 0 saturated heterocycles. The van der Waals surface area contributed by atoms with E-state index in [0.29, 0.717) is 29.7 Å². The van der Waals surface area contributed by atoms with Gasteiger partial charge in [-0.2, -0.15) is 0 Å². The van der Waals surface area contributed by atoms with Gasteiger partial charge >= 0.3 is 0 Å². The molecular formula is C22H23NO3. The minimum Gasteiger partial charge on any atom is -0.487 e. The Morgan fingerprint density at radius 2 is 1.85 bits per heavy atom. The number of benzene rings is 2. The van der Waals surface area contributed by atoms with Crippen molar-refractivity contribution in [2.24, 2.45) is 0 Å². The summed E-state index contributed by atoms with van der Waals surface area (Å²) < 4.78 is 11.6. The predicted octanol–water partition coefficient (Wildman–Crippen LogP) is 5.47. The summed E-state index contributed by atoms with van der Waals surface area (Å²) in [5, 5.41) is 0. The average Bonchev–Trinajstić information content (AvgIpc) is 3.01. The van der Waals surface area contributed by atoms with Crippen LogP contribution in [0.3, 0.4) is 0 Å². The lowest BCUT2D eigenvalue weighted by Crippen LogP contribution is -1.98. The number of nitrogens with zero attached hydrogens (tertiary/aromatic N) is 1. The summed E-state index contributed by atoms with van der Waals surface area (Å²) in [4.78, 5) is 15.5. The van der Waals surface area contributed by atoms with Crippen LogP contribution >= 0.6 is 0 Å². The fourth-order valence-electron chi connectivity index (χ4n) is 2.72. The lowest BCUT2D eigenvalue weighted by Gasteiger charge is -2.06. The first-order valence-corrected chi connectivity index (χ1v) is 8.73. The van der Waals surface area contributed by atoms with Gasteiger partial charge in [-0.15, -0.1) is 0 Å². The van der Waals surface area contributed by atoms with Gasteiger partial charge in [-0.1, -0.05) is 26.0 Å². The fourth-order valence-corrected chi connectivity index (χ4v) is 2.72. The Morgan fingerprint density at radius 1 is 1.12 bits per heavy atom. The quantitative estimate of drug-likeness (QED) is 0.553. The third-order valence-corrected chi connectivity index (χ3v) is 4.46. The molecule has 4 nitrogen and oxygen atoms in total. The van der Waals surface area contributed by atoms with Crippen molar-refractivity contribution >= 4 is 6.29 Å². The number of carbonyl (C=O) groups is 1. The van der Waals surface area contributed by atoms with E-state index in [1.807, 2.05) is 32.0 Å². The highest BCUT2D eigenvalue weighted by molar-refractivity contribution is 5.77. The van der Waals surface area contributed by atoms with Crippen LogP contribution in [0.25, 0.3) is 11.5 Å². The van der Waals surface area contributed by atoms with Crippen molar-refractivity contribution < 1.29 is 13.9 Å². The second-order valence-electron chi connectivity index (χ2n) is 6.72. The summed E-state index contributed by atoms with van der Waals surface area (Å²) in [5.41, 5.74) is 4.57. The minimum atomic E-state index is 0.319. The molecule has 1 aromatic heterocycles. The third-order valence-electron chi connectivity index (χ3n) is 4.46. The molecule has 3 rings (SSSR count). The van der Waals surface area contributed by atoms with Crippen LogP contribution < -0.4 is 4.74 Å². The molecule has 0 N–H and O–H groups in total. The van der Waals surface area contributed by atoms with E-state index in [0.717, 1.165) is 28.9 Å². The molecule has 0 aliphatic carbocycles. The van der Waals surface area contributed by atoms with E-state index in [1.165, 1.54) is 5.56 Å². The summed E-state index contributed by atoms with van der Waals surface area (Å²) in [6.45, 7) is 8.43. The Labute approximate surface area is 153 Å². The Balaban J connectivity index is 1.74. The zero-order chi connectivity index (χ0) is 18.7. The van der Waals surface area contributed by atoms with E-state index in [1.54, 1.807) is 12.1 Å². The Bertz CT molecular complexity index is 908. The van der Waals surface area contributed by atoms with Crippen molar-refractivity contribution in [1.82, 2.24) is 4.98 Å². The first kappa shape index (κ1) is 17.9. The molecule has 134 valence electrons. The number of aryl methyl sites for hydroxylation is 2. The van der Waals surface area contributed by atoms with Gasteiger partial charge < -0.3 is 9.15 Å². The summed E-state index contributed by atoms with van der Waals surface area (Å²) >= 11 is 0. The van der Waals surface area contributed by atoms with Crippen molar-refractivity contribution in [3.05, 3.63) is 70.6 Å². The summed E-state index contributed by atoms with van der Waals surface area (Å²) in [5.74, 6) is 2.55. The zero-order valence-electron chi connectivity index (χ0n) is 15.6. The van der Waals surface area contributed by atoms with Gasteiger partial charge in [0, 0.05) is 11.1 Å². The van der Waals surface area contributed by atoms with Crippen molar-refractivity contribution in [3.8, 4) is 17.2 Å². The van der Waals surface area contributed by atoms with Gasteiger partial charge in [0.2, 0.25) is 5.89 Å². The smallest absolute Gasteiger partial charge is 0.226 e. The standard InChI is InChI=1S/C22H23NO3/c1-14(2)17-5-7-18(8-6-17)22-23-21(16(4)26-22)13-25-20-10-9-19(12-24)15(3)11-20/h5-12,14H,13H2,1-4H3. The molecule has 2 aromatic carbocycles. The largest absolute Gasteiger partial charge is 0.487 e. The van der Waals surface area contributed by atoms with Crippen molar-refractivity contribution in [2.45, 2.75) is 40.2 Å². The highest BCUT2D eigenvalue weighted by atomic mass is 16.5. The molecule has 0 amide bonds. The second kappa shape index (κ2) is 7.56. The van der Waals surface area contributed by atoms with Crippen LogP contribution in [0, 0.1) is 13.8 Å². The van der Waals surface area contributed by atoms with Gasteiger partial charge in [0.25, 0.3) is 0 Å². The summed E-state index contributed by atoms with van der Waals surface area (Å²) in [7, 11) is 0. The van der Waals surface area contributed by atoms with Gasteiger partial charge in [-0.25, -0.2) is 4.98 Å². The van der Waals surface area contributed by atoms with E-state index in [4.69, 9.17) is 9.15 Å². The van der Waals surface area contributed by atoms with Crippen LogP contribution in [0.4, 0.5) is 0 Å². The highest BCUT2D eigenvalue weighted by Gasteiger charge is 2.13. The predicted molar refractivity (Wildman–Crippen MR) is 102 cm³/mol. The topological polar surface area (TPSA) is 52.3 Å². The molecule has 0 fully saturated rings. The molecule has 0 saturated carbocycles. The monoisotopic (exact) mass is 349 g/mol. The summed E-state index contributed by atoms with van der Waals surface area (Å²) in [6.07, 6.45) is 0.845. The van der Waals surface area contributed by atoms with E-state index >= 15 is 0 Å². The molecule has 26 heavy (non-hydrogen) atoms. The van der Waals surface area contributed by atoms with Crippen molar-refractivity contribution in [1.29, 1.82) is 0 Å². The number of aldehydes is 1. The maximum atomic E-state index is 10.9. The normalized spacial score (nSPS) is 11.0. The van der Waals surface area contributed by atoms with Gasteiger partial charge in [-0.3, -0.25) is 4.79 Å². The average molecular weight is 349 g/mol. The highest BCUT2D eigenvalue weighted by Crippen LogP contribution is 2.25. The van der Waals surface area contributed by atoms with Gasteiger partial charge in [-0.05, 0) is 61.2 Å². The van der Waals surface area contributed by atoms with E-state index in [-0.39, 0.29) is 0 Å². The van der Waals surface area contributed by atoms with E-state index in [2.05, 4.69) is 31.0 Å². The number of ether oxygens (including phenoxy) is 1. The second-order valence-corrected chi connectivity index (χ2v) is 6.72.